The molecule has 0 aromatic heterocycles. The van der Waals surface area contributed by atoms with Crippen LogP contribution in [-0.2, 0) is 4.74 Å². The number of hydrogen-bond acceptors (Lipinski definition) is 3. The second-order valence-corrected chi connectivity index (χ2v) is 6.03. The lowest BCUT2D eigenvalue weighted by Gasteiger charge is -2.32. The second-order valence-electron chi connectivity index (χ2n) is 6.03. The number of hydrogen-bond donors (Lipinski definition) is 1. The molecule has 118 valence electrons. The highest BCUT2D eigenvalue weighted by Crippen LogP contribution is 2.19. The van der Waals surface area contributed by atoms with Crippen LogP contribution in [0.3, 0.4) is 0 Å². The summed E-state index contributed by atoms with van der Waals surface area (Å²) in [6.45, 7) is 6.29. The van der Waals surface area contributed by atoms with Crippen LogP contribution in [0.25, 0.3) is 0 Å². The van der Waals surface area contributed by atoms with Crippen molar-refractivity contribution in [3.63, 3.8) is 0 Å². The standard InChI is InChI=1S/C18H30N2O/c1-3-12-19-18(16-7-5-4-6-8-16)9-13-20(2)17-10-14-21-15-11-17/h4-8,17-19H,3,9-15H2,1-2H3. The van der Waals surface area contributed by atoms with Gasteiger partial charge in [0.15, 0.2) is 0 Å². The van der Waals surface area contributed by atoms with Crippen molar-refractivity contribution in [1.29, 1.82) is 0 Å². The third kappa shape index (κ3) is 5.42. The average molecular weight is 290 g/mol. The van der Waals surface area contributed by atoms with Crippen LogP contribution >= 0.6 is 0 Å². The molecule has 1 atom stereocenters. The van der Waals surface area contributed by atoms with E-state index in [0.717, 1.165) is 32.7 Å². The molecule has 0 spiro atoms. The summed E-state index contributed by atoms with van der Waals surface area (Å²) >= 11 is 0. The number of rotatable bonds is 8. The summed E-state index contributed by atoms with van der Waals surface area (Å²) in [7, 11) is 2.26. The molecule has 3 nitrogen and oxygen atoms in total. The molecule has 1 N–H and O–H groups in total. The van der Waals surface area contributed by atoms with Crippen LogP contribution < -0.4 is 5.32 Å². The van der Waals surface area contributed by atoms with E-state index in [2.05, 4.69) is 54.5 Å². The Morgan fingerprint density at radius 2 is 1.95 bits per heavy atom. The maximum atomic E-state index is 5.46. The zero-order valence-electron chi connectivity index (χ0n) is 13.6. The van der Waals surface area contributed by atoms with Crippen molar-refractivity contribution in [3.05, 3.63) is 35.9 Å². The van der Waals surface area contributed by atoms with E-state index in [1.807, 2.05) is 0 Å². The summed E-state index contributed by atoms with van der Waals surface area (Å²) < 4.78 is 5.46. The first-order valence-electron chi connectivity index (χ1n) is 8.37. The molecule has 1 aliphatic heterocycles. The minimum atomic E-state index is 0.466. The summed E-state index contributed by atoms with van der Waals surface area (Å²) in [5.41, 5.74) is 1.41. The Kier molecular flexibility index (Phi) is 7.20. The van der Waals surface area contributed by atoms with Gasteiger partial charge in [0.25, 0.3) is 0 Å². The van der Waals surface area contributed by atoms with E-state index >= 15 is 0 Å². The first kappa shape index (κ1) is 16.5. The molecular formula is C18H30N2O. The molecule has 1 fully saturated rings. The molecule has 21 heavy (non-hydrogen) atoms. The van der Waals surface area contributed by atoms with Crippen LogP contribution in [0.1, 0.15) is 44.2 Å². The SMILES string of the molecule is CCCNC(CCN(C)C1CCOCC1)c1ccccc1. The van der Waals surface area contributed by atoms with Gasteiger partial charge in [-0.3, -0.25) is 0 Å². The van der Waals surface area contributed by atoms with Crippen molar-refractivity contribution in [2.45, 2.75) is 44.7 Å². The van der Waals surface area contributed by atoms with Crippen molar-refractivity contribution >= 4 is 0 Å². The van der Waals surface area contributed by atoms with Gasteiger partial charge in [-0.25, -0.2) is 0 Å². The predicted molar refractivity (Wildman–Crippen MR) is 88.6 cm³/mol. The van der Waals surface area contributed by atoms with E-state index < -0.39 is 0 Å². The van der Waals surface area contributed by atoms with Gasteiger partial charge in [-0.15, -0.1) is 0 Å². The van der Waals surface area contributed by atoms with Crippen LogP contribution in [0.2, 0.25) is 0 Å². The van der Waals surface area contributed by atoms with E-state index in [1.54, 1.807) is 0 Å². The van der Waals surface area contributed by atoms with Gasteiger partial charge in [0.1, 0.15) is 0 Å². The highest BCUT2D eigenvalue weighted by atomic mass is 16.5. The molecule has 1 aliphatic rings. The first-order chi connectivity index (χ1) is 10.3. The molecular weight excluding hydrogens is 260 g/mol. The van der Waals surface area contributed by atoms with E-state index in [4.69, 9.17) is 4.74 Å². The largest absolute Gasteiger partial charge is 0.381 e. The Balaban J connectivity index is 1.86. The van der Waals surface area contributed by atoms with Crippen LogP contribution in [0.4, 0.5) is 0 Å². The van der Waals surface area contributed by atoms with Gasteiger partial charge in [-0.2, -0.15) is 0 Å². The number of ether oxygens (including phenoxy) is 1. The molecule has 1 saturated heterocycles. The van der Waals surface area contributed by atoms with Crippen LogP contribution in [0.5, 0.6) is 0 Å². The summed E-state index contributed by atoms with van der Waals surface area (Å²) in [5.74, 6) is 0. The van der Waals surface area contributed by atoms with E-state index in [9.17, 15) is 0 Å². The van der Waals surface area contributed by atoms with Crippen molar-refractivity contribution in [2.24, 2.45) is 0 Å². The number of nitrogens with one attached hydrogen (secondary N) is 1. The fraction of sp³-hybridized carbons (Fsp3) is 0.667. The molecule has 0 aliphatic carbocycles. The van der Waals surface area contributed by atoms with Gasteiger partial charge >= 0.3 is 0 Å². The summed E-state index contributed by atoms with van der Waals surface area (Å²) in [5, 5.41) is 3.69. The van der Waals surface area contributed by atoms with Gasteiger partial charge in [0.2, 0.25) is 0 Å². The van der Waals surface area contributed by atoms with E-state index in [0.29, 0.717) is 12.1 Å². The lowest BCUT2D eigenvalue weighted by atomic mass is 10.0. The molecule has 0 bridgehead atoms. The molecule has 3 heteroatoms. The van der Waals surface area contributed by atoms with Crippen molar-refractivity contribution in [3.8, 4) is 0 Å². The Hall–Kier alpha value is -0.900. The normalized spacial score (nSPS) is 18.0. The van der Waals surface area contributed by atoms with E-state index in [-0.39, 0.29) is 0 Å². The highest BCUT2D eigenvalue weighted by Gasteiger charge is 2.19. The highest BCUT2D eigenvalue weighted by molar-refractivity contribution is 5.18. The van der Waals surface area contributed by atoms with Gasteiger partial charge in [-0.05, 0) is 51.4 Å². The monoisotopic (exact) mass is 290 g/mol. The second kappa shape index (κ2) is 9.19. The third-order valence-corrected chi connectivity index (χ3v) is 4.43. The molecule has 0 amide bonds. The van der Waals surface area contributed by atoms with Gasteiger partial charge in [0.05, 0.1) is 0 Å². The number of nitrogens with zero attached hydrogens (tertiary/aromatic N) is 1. The first-order valence-corrected chi connectivity index (χ1v) is 8.37. The Bertz CT molecular complexity index is 376. The summed E-state index contributed by atoms with van der Waals surface area (Å²) in [4.78, 5) is 2.52. The Morgan fingerprint density at radius 3 is 2.62 bits per heavy atom. The fourth-order valence-electron chi connectivity index (χ4n) is 3.03. The zero-order chi connectivity index (χ0) is 14.9. The topological polar surface area (TPSA) is 24.5 Å². The molecule has 1 unspecified atom stereocenters. The maximum absolute atomic E-state index is 5.46. The fourth-order valence-corrected chi connectivity index (χ4v) is 3.03. The van der Waals surface area contributed by atoms with Crippen LogP contribution in [-0.4, -0.2) is 44.3 Å². The molecule has 1 aromatic carbocycles. The van der Waals surface area contributed by atoms with Crippen molar-refractivity contribution < 1.29 is 4.74 Å². The molecule has 0 radical (unpaired) electrons. The van der Waals surface area contributed by atoms with Crippen molar-refractivity contribution in [2.75, 3.05) is 33.4 Å². The Labute approximate surface area is 129 Å². The van der Waals surface area contributed by atoms with Crippen LogP contribution in [0.15, 0.2) is 30.3 Å². The number of benzene rings is 1. The predicted octanol–water partition coefficient (Wildman–Crippen LogP) is 3.23. The third-order valence-electron chi connectivity index (χ3n) is 4.43. The quantitative estimate of drug-likeness (QED) is 0.795. The average Bonchev–Trinajstić information content (AvgIpc) is 2.56. The molecule has 1 heterocycles. The van der Waals surface area contributed by atoms with Gasteiger partial charge < -0.3 is 15.0 Å². The summed E-state index contributed by atoms with van der Waals surface area (Å²) in [6, 6.07) is 12.0. The zero-order valence-corrected chi connectivity index (χ0v) is 13.6. The minimum absolute atomic E-state index is 0.466. The lowest BCUT2D eigenvalue weighted by molar-refractivity contribution is 0.0419. The Morgan fingerprint density at radius 1 is 1.24 bits per heavy atom. The maximum Gasteiger partial charge on any atom is 0.0480 e. The minimum Gasteiger partial charge on any atom is -0.381 e. The van der Waals surface area contributed by atoms with Crippen LogP contribution in [0, 0.1) is 0 Å². The molecule has 2 rings (SSSR count). The molecule has 1 aromatic rings. The smallest absolute Gasteiger partial charge is 0.0480 e. The lowest BCUT2D eigenvalue weighted by Crippen LogP contribution is -2.38. The van der Waals surface area contributed by atoms with Gasteiger partial charge in [-0.1, -0.05) is 37.3 Å². The summed E-state index contributed by atoms with van der Waals surface area (Å²) in [6.07, 6.45) is 4.70. The van der Waals surface area contributed by atoms with E-state index in [1.165, 1.54) is 24.8 Å². The van der Waals surface area contributed by atoms with Gasteiger partial charge in [0, 0.05) is 25.3 Å². The molecule has 0 saturated carbocycles. The van der Waals surface area contributed by atoms with Crippen molar-refractivity contribution in [1.82, 2.24) is 10.2 Å².